The lowest BCUT2D eigenvalue weighted by atomic mass is 9.88. The highest BCUT2D eigenvalue weighted by atomic mass is 16.2. The Labute approximate surface area is 92.9 Å². The maximum absolute atomic E-state index is 11.8. The van der Waals surface area contributed by atoms with E-state index in [0.29, 0.717) is 6.42 Å². The Morgan fingerprint density at radius 1 is 1.47 bits per heavy atom. The Kier molecular flexibility index (Phi) is 6.00. The molecule has 0 aromatic heterocycles. The van der Waals surface area contributed by atoms with Gasteiger partial charge in [-0.3, -0.25) is 4.79 Å². The minimum atomic E-state index is -0.874. The third-order valence-electron chi connectivity index (χ3n) is 2.92. The van der Waals surface area contributed by atoms with Crippen molar-refractivity contribution in [3.8, 4) is 6.07 Å². The van der Waals surface area contributed by atoms with Crippen LogP contribution in [-0.2, 0) is 4.79 Å². The molecule has 2 atom stereocenters. The highest BCUT2D eigenvalue weighted by Gasteiger charge is 2.31. The zero-order valence-electron chi connectivity index (χ0n) is 10.3. The summed E-state index contributed by atoms with van der Waals surface area (Å²) in [5.41, 5.74) is -0.874. The number of nitriles is 1. The zero-order chi connectivity index (χ0) is 11.9. The van der Waals surface area contributed by atoms with Gasteiger partial charge in [0.2, 0.25) is 5.91 Å². The van der Waals surface area contributed by atoms with E-state index in [1.54, 1.807) is 6.92 Å². The van der Waals surface area contributed by atoms with Gasteiger partial charge in [-0.25, -0.2) is 0 Å². The molecule has 0 radical (unpaired) electrons. The molecule has 2 unspecified atom stereocenters. The van der Waals surface area contributed by atoms with E-state index < -0.39 is 5.41 Å². The van der Waals surface area contributed by atoms with Crippen molar-refractivity contribution in [2.75, 3.05) is 0 Å². The Hall–Kier alpha value is -1.04. The molecule has 0 bridgehead atoms. The summed E-state index contributed by atoms with van der Waals surface area (Å²) in [6, 6.07) is 2.30. The second kappa shape index (κ2) is 6.44. The summed E-state index contributed by atoms with van der Waals surface area (Å²) in [5.74, 6) is -0.132. The SMILES string of the molecule is CCCC(CC)NC(=O)C(C)(C#N)CC. The molecule has 0 aromatic rings. The first kappa shape index (κ1) is 14.0. The normalized spacial score (nSPS) is 16.2. The molecule has 0 rings (SSSR count). The summed E-state index contributed by atoms with van der Waals surface area (Å²) in [7, 11) is 0. The topological polar surface area (TPSA) is 52.9 Å². The fourth-order valence-electron chi connectivity index (χ4n) is 1.36. The van der Waals surface area contributed by atoms with E-state index in [1.165, 1.54) is 0 Å². The molecule has 1 N–H and O–H groups in total. The lowest BCUT2D eigenvalue weighted by molar-refractivity contribution is -0.128. The minimum Gasteiger partial charge on any atom is -0.352 e. The van der Waals surface area contributed by atoms with Crippen molar-refractivity contribution in [1.82, 2.24) is 5.32 Å². The molecular formula is C12H22N2O. The van der Waals surface area contributed by atoms with Gasteiger partial charge in [-0.05, 0) is 26.2 Å². The zero-order valence-corrected chi connectivity index (χ0v) is 10.3. The molecule has 0 aliphatic heterocycles. The van der Waals surface area contributed by atoms with Crippen LogP contribution in [0.2, 0.25) is 0 Å². The molecule has 15 heavy (non-hydrogen) atoms. The molecule has 0 saturated heterocycles. The van der Waals surface area contributed by atoms with E-state index >= 15 is 0 Å². The van der Waals surface area contributed by atoms with Crippen molar-refractivity contribution < 1.29 is 4.79 Å². The van der Waals surface area contributed by atoms with Crippen LogP contribution in [0, 0.1) is 16.7 Å². The highest BCUT2D eigenvalue weighted by molar-refractivity contribution is 5.85. The number of rotatable bonds is 6. The van der Waals surface area contributed by atoms with Gasteiger partial charge in [0.1, 0.15) is 5.41 Å². The largest absolute Gasteiger partial charge is 0.352 e. The van der Waals surface area contributed by atoms with E-state index in [0.717, 1.165) is 19.3 Å². The summed E-state index contributed by atoms with van der Waals surface area (Å²) in [4.78, 5) is 11.8. The number of nitrogens with zero attached hydrogens (tertiary/aromatic N) is 1. The van der Waals surface area contributed by atoms with Gasteiger partial charge >= 0.3 is 0 Å². The molecule has 0 fully saturated rings. The quantitative estimate of drug-likeness (QED) is 0.732. The van der Waals surface area contributed by atoms with Crippen molar-refractivity contribution in [3.05, 3.63) is 0 Å². The van der Waals surface area contributed by atoms with Crippen LogP contribution in [0.4, 0.5) is 0 Å². The monoisotopic (exact) mass is 210 g/mol. The van der Waals surface area contributed by atoms with Gasteiger partial charge in [-0.2, -0.15) is 5.26 Å². The maximum atomic E-state index is 11.8. The number of hydrogen-bond acceptors (Lipinski definition) is 2. The van der Waals surface area contributed by atoms with Crippen molar-refractivity contribution in [3.63, 3.8) is 0 Å². The first-order valence-electron chi connectivity index (χ1n) is 5.76. The minimum absolute atomic E-state index is 0.132. The summed E-state index contributed by atoms with van der Waals surface area (Å²) in [5, 5.41) is 11.9. The van der Waals surface area contributed by atoms with Crippen LogP contribution >= 0.6 is 0 Å². The van der Waals surface area contributed by atoms with Gasteiger partial charge in [0.25, 0.3) is 0 Å². The highest BCUT2D eigenvalue weighted by Crippen LogP contribution is 2.20. The predicted octanol–water partition coefficient (Wildman–Crippen LogP) is 2.62. The number of carbonyl (C=O) groups is 1. The lowest BCUT2D eigenvalue weighted by Crippen LogP contribution is -2.43. The summed E-state index contributed by atoms with van der Waals surface area (Å²) < 4.78 is 0. The van der Waals surface area contributed by atoms with Crippen molar-refractivity contribution in [1.29, 1.82) is 5.26 Å². The lowest BCUT2D eigenvalue weighted by Gasteiger charge is -2.23. The van der Waals surface area contributed by atoms with Crippen LogP contribution in [0.1, 0.15) is 53.4 Å². The summed E-state index contributed by atoms with van der Waals surface area (Å²) in [6.45, 7) is 7.71. The molecule has 0 aliphatic carbocycles. The van der Waals surface area contributed by atoms with Crippen LogP contribution in [0.5, 0.6) is 0 Å². The van der Waals surface area contributed by atoms with Gasteiger partial charge in [0.05, 0.1) is 6.07 Å². The summed E-state index contributed by atoms with van der Waals surface area (Å²) in [6.07, 6.45) is 3.50. The van der Waals surface area contributed by atoms with Crippen LogP contribution in [0.25, 0.3) is 0 Å². The summed E-state index contributed by atoms with van der Waals surface area (Å²) >= 11 is 0. The number of hydrogen-bond donors (Lipinski definition) is 1. The van der Waals surface area contributed by atoms with E-state index in [-0.39, 0.29) is 11.9 Å². The average Bonchev–Trinajstić information content (AvgIpc) is 2.27. The fourth-order valence-corrected chi connectivity index (χ4v) is 1.36. The second-order valence-corrected chi connectivity index (χ2v) is 4.16. The first-order chi connectivity index (χ1) is 7.03. The maximum Gasteiger partial charge on any atom is 0.240 e. The number of amides is 1. The van der Waals surface area contributed by atoms with Crippen LogP contribution in [-0.4, -0.2) is 11.9 Å². The van der Waals surface area contributed by atoms with Gasteiger partial charge < -0.3 is 5.32 Å². The Balaban J connectivity index is 4.40. The number of nitrogens with one attached hydrogen (secondary N) is 1. The second-order valence-electron chi connectivity index (χ2n) is 4.16. The van der Waals surface area contributed by atoms with E-state index in [4.69, 9.17) is 5.26 Å². The predicted molar refractivity (Wildman–Crippen MR) is 61.1 cm³/mol. The Morgan fingerprint density at radius 2 is 2.07 bits per heavy atom. The van der Waals surface area contributed by atoms with Crippen LogP contribution in [0.3, 0.4) is 0 Å². The molecule has 0 saturated carbocycles. The molecule has 3 heteroatoms. The van der Waals surface area contributed by atoms with Crippen molar-refractivity contribution in [2.45, 2.75) is 59.4 Å². The first-order valence-corrected chi connectivity index (χ1v) is 5.76. The molecule has 0 aliphatic rings. The molecule has 3 nitrogen and oxygen atoms in total. The average molecular weight is 210 g/mol. The smallest absolute Gasteiger partial charge is 0.240 e. The molecule has 0 spiro atoms. The van der Waals surface area contributed by atoms with Gasteiger partial charge in [0, 0.05) is 6.04 Å². The van der Waals surface area contributed by atoms with E-state index in [2.05, 4.69) is 25.2 Å². The molecular weight excluding hydrogens is 188 g/mol. The third-order valence-corrected chi connectivity index (χ3v) is 2.92. The fraction of sp³-hybridized carbons (Fsp3) is 0.833. The molecule has 1 amide bonds. The molecule has 86 valence electrons. The van der Waals surface area contributed by atoms with Gasteiger partial charge in [-0.1, -0.05) is 27.2 Å². The Morgan fingerprint density at radius 3 is 2.40 bits per heavy atom. The molecule has 0 heterocycles. The van der Waals surface area contributed by atoms with E-state index in [1.807, 2.05) is 6.92 Å². The third kappa shape index (κ3) is 3.91. The van der Waals surface area contributed by atoms with Crippen molar-refractivity contribution in [2.24, 2.45) is 5.41 Å². The van der Waals surface area contributed by atoms with Crippen LogP contribution < -0.4 is 5.32 Å². The van der Waals surface area contributed by atoms with Crippen LogP contribution in [0.15, 0.2) is 0 Å². The van der Waals surface area contributed by atoms with Crippen molar-refractivity contribution >= 4 is 5.91 Å². The van der Waals surface area contributed by atoms with Gasteiger partial charge in [-0.15, -0.1) is 0 Å². The standard InChI is InChI=1S/C12H22N2O/c1-5-8-10(6-2)14-11(15)12(4,7-3)9-13/h10H,5-8H2,1-4H3,(H,14,15). The Bertz CT molecular complexity index is 244. The number of carbonyl (C=O) groups excluding carboxylic acids is 1. The van der Waals surface area contributed by atoms with Gasteiger partial charge in [0.15, 0.2) is 0 Å². The molecule has 0 aromatic carbocycles. The van der Waals surface area contributed by atoms with E-state index in [9.17, 15) is 4.79 Å².